The van der Waals surface area contributed by atoms with Crippen molar-refractivity contribution in [3.8, 4) is 0 Å². The van der Waals surface area contributed by atoms with Crippen molar-refractivity contribution >= 4 is 45.8 Å². The molecule has 1 aliphatic rings. The SMILES string of the molecule is O=C(Nc1ccc(Cl)cc1I)C1CCCc2ccccc21. The predicted molar refractivity (Wildman–Crippen MR) is 94.9 cm³/mol. The summed E-state index contributed by atoms with van der Waals surface area (Å²) in [6, 6.07) is 13.8. The van der Waals surface area contributed by atoms with Gasteiger partial charge in [0.05, 0.1) is 11.6 Å². The summed E-state index contributed by atoms with van der Waals surface area (Å²) in [5, 5.41) is 3.72. The summed E-state index contributed by atoms with van der Waals surface area (Å²) in [4.78, 5) is 12.6. The third kappa shape index (κ3) is 3.24. The van der Waals surface area contributed by atoms with Gasteiger partial charge in [-0.3, -0.25) is 4.79 Å². The van der Waals surface area contributed by atoms with Crippen molar-refractivity contribution in [3.63, 3.8) is 0 Å². The van der Waals surface area contributed by atoms with Gasteiger partial charge in [0.1, 0.15) is 0 Å². The number of hydrogen-bond donors (Lipinski definition) is 1. The summed E-state index contributed by atoms with van der Waals surface area (Å²) in [7, 11) is 0. The number of fused-ring (bicyclic) bond motifs is 1. The number of hydrogen-bond acceptors (Lipinski definition) is 1. The highest BCUT2D eigenvalue weighted by molar-refractivity contribution is 14.1. The average Bonchev–Trinajstić information content (AvgIpc) is 2.49. The van der Waals surface area contributed by atoms with Crippen LogP contribution in [0.1, 0.15) is 29.9 Å². The van der Waals surface area contributed by atoms with Gasteiger partial charge < -0.3 is 5.32 Å². The number of nitrogens with one attached hydrogen (secondary N) is 1. The van der Waals surface area contributed by atoms with Crippen molar-refractivity contribution in [2.24, 2.45) is 0 Å². The van der Waals surface area contributed by atoms with E-state index in [1.807, 2.05) is 24.3 Å². The maximum Gasteiger partial charge on any atom is 0.231 e. The Morgan fingerprint density at radius 1 is 1.24 bits per heavy atom. The molecule has 0 bridgehead atoms. The van der Waals surface area contributed by atoms with E-state index < -0.39 is 0 Å². The molecule has 1 N–H and O–H groups in total. The van der Waals surface area contributed by atoms with Gasteiger partial charge in [-0.25, -0.2) is 0 Å². The molecule has 0 spiro atoms. The van der Waals surface area contributed by atoms with Crippen LogP contribution in [0.4, 0.5) is 5.69 Å². The Hall–Kier alpha value is -1.07. The number of anilines is 1. The molecule has 1 aliphatic carbocycles. The van der Waals surface area contributed by atoms with E-state index in [-0.39, 0.29) is 11.8 Å². The van der Waals surface area contributed by atoms with Crippen molar-refractivity contribution in [1.29, 1.82) is 0 Å². The first-order valence-electron chi connectivity index (χ1n) is 6.99. The van der Waals surface area contributed by atoms with Crippen LogP contribution in [0.25, 0.3) is 0 Å². The molecule has 2 aromatic rings. The summed E-state index contributed by atoms with van der Waals surface area (Å²) in [6.45, 7) is 0. The second kappa shape index (κ2) is 6.36. The Morgan fingerprint density at radius 2 is 2.05 bits per heavy atom. The van der Waals surface area contributed by atoms with Crippen LogP contribution < -0.4 is 5.32 Å². The Morgan fingerprint density at radius 3 is 2.86 bits per heavy atom. The van der Waals surface area contributed by atoms with Crippen molar-refractivity contribution in [2.75, 3.05) is 5.32 Å². The molecule has 1 amide bonds. The maximum atomic E-state index is 12.6. The molecule has 0 saturated heterocycles. The standard InChI is InChI=1S/C17H15ClINO/c18-12-8-9-16(15(19)10-12)20-17(21)14-7-3-5-11-4-1-2-6-13(11)14/h1-2,4,6,8-10,14H,3,5,7H2,(H,20,21). The Labute approximate surface area is 143 Å². The highest BCUT2D eigenvalue weighted by atomic mass is 127. The molecular formula is C17H15ClINO. The van der Waals surface area contributed by atoms with Crippen LogP contribution >= 0.6 is 34.2 Å². The lowest BCUT2D eigenvalue weighted by molar-refractivity contribution is -0.117. The third-order valence-electron chi connectivity index (χ3n) is 3.87. The number of carbonyl (C=O) groups excluding carboxylic acids is 1. The van der Waals surface area contributed by atoms with Gasteiger partial charge in [0, 0.05) is 8.59 Å². The van der Waals surface area contributed by atoms with Crippen LogP contribution in [0.5, 0.6) is 0 Å². The van der Waals surface area contributed by atoms with Crippen molar-refractivity contribution in [1.82, 2.24) is 0 Å². The number of amides is 1. The zero-order chi connectivity index (χ0) is 14.8. The number of benzene rings is 2. The molecule has 0 saturated carbocycles. The first-order valence-corrected chi connectivity index (χ1v) is 8.44. The lowest BCUT2D eigenvalue weighted by Crippen LogP contribution is -2.25. The van der Waals surface area contributed by atoms with Gasteiger partial charge in [0.15, 0.2) is 0 Å². The minimum atomic E-state index is -0.0542. The zero-order valence-corrected chi connectivity index (χ0v) is 14.3. The predicted octanol–water partition coefficient (Wildman–Crippen LogP) is 5.00. The Kier molecular flexibility index (Phi) is 4.50. The summed E-state index contributed by atoms with van der Waals surface area (Å²) < 4.78 is 0.956. The van der Waals surface area contributed by atoms with E-state index in [4.69, 9.17) is 11.6 Å². The number of rotatable bonds is 2. The second-order valence-electron chi connectivity index (χ2n) is 5.26. The van der Waals surface area contributed by atoms with Crippen LogP contribution in [0.3, 0.4) is 0 Å². The number of aryl methyl sites for hydroxylation is 1. The molecule has 0 aliphatic heterocycles. The van der Waals surface area contributed by atoms with E-state index in [9.17, 15) is 4.79 Å². The highest BCUT2D eigenvalue weighted by Gasteiger charge is 2.26. The van der Waals surface area contributed by atoms with Crippen molar-refractivity contribution in [3.05, 3.63) is 62.2 Å². The molecule has 0 aromatic heterocycles. The molecule has 1 atom stereocenters. The molecule has 0 radical (unpaired) electrons. The third-order valence-corrected chi connectivity index (χ3v) is 5.00. The number of carbonyl (C=O) groups is 1. The molecule has 108 valence electrons. The Balaban J connectivity index is 1.83. The van der Waals surface area contributed by atoms with Crippen LogP contribution in [0, 0.1) is 3.57 Å². The van der Waals surface area contributed by atoms with Gasteiger partial charge in [-0.05, 0) is 71.2 Å². The fourth-order valence-electron chi connectivity index (χ4n) is 2.84. The second-order valence-corrected chi connectivity index (χ2v) is 6.86. The van der Waals surface area contributed by atoms with E-state index in [0.29, 0.717) is 5.02 Å². The van der Waals surface area contributed by atoms with Gasteiger partial charge in [0.2, 0.25) is 5.91 Å². The molecular weight excluding hydrogens is 397 g/mol. The molecule has 4 heteroatoms. The first-order chi connectivity index (χ1) is 10.1. The van der Waals surface area contributed by atoms with Crippen LogP contribution in [-0.2, 0) is 11.2 Å². The maximum absolute atomic E-state index is 12.6. The summed E-state index contributed by atoms with van der Waals surface area (Å²) in [5.41, 5.74) is 3.30. The minimum Gasteiger partial charge on any atom is -0.325 e. The molecule has 2 aromatic carbocycles. The summed E-state index contributed by atoms with van der Waals surface area (Å²) in [6.07, 6.45) is 3.04. The van der Waals surface area contributed by atoms with E-state index >= 15 is 0 Å². The smallest absolute Gasteiger partial charge is 0.231 e. The molecule has 0 heterocycles. The van der Waals surface area contributed by atoms with Crippen LogP contribution in [0.2, 0.25) is 5.02 Å². The molecule has 2 nitrogen and oxygen atoms in total. The normalized spacial score (nSPS) is 17.1. The molecule has 0 fully saturated rings. The van der Waals surface area contributed by atoms with Gasteiger partial charge in [0.25, 0.3) is 0 Å². The fraction of sp³-hybridized carbons (Fsp3) is 0.235. The fourth-order valence-corrected chi connectivity index (χ4v) is 3.84. The molecule has 1 unspecified atom stereocenters. The van der Waals surface area contributed by atoms with Crippen molar-refractivity contribution in [2.45, 2.75) is 25.2 Å². The van der Waals surface area contributed by atoms with Gasteiger partial charge >= 0.3 is 0 Å². The number of halogens is 2. The van der Waals surface area contributed by atoms with Crippen LogP contribution in [-0.4, -0.2) is 5.91 Å². The van der Waals surface area contributed by atoms with E-state index in [1.54, 1.807) is 6.07 Å². The van der Waals surface area contributed by atoms with E-state index in [0.717, 1.165) is 28.5 Å². The average molecular weight is 412 g/mol. The topological polar surface area (TPSA) is 29.1 Å². The quantitative estimate of drug-likeness (QED) is 0.692. The summed E-state index contributed by atoms with van der Waals surface area (Å²) in [5.74, 6) is 0.0174. The Bertz CT molecular complexity index is 686. The molecule has 21 heavy (non-hydrogen) atoms. The lowest BCUT2D eigenvalue weighted by Gasteiger charge is -2.24. The van der Waals surface area contributed by atoms with Gasteiger partial charge in [-0.2, -0.15) is 0 Å². The summed E-state index contributed by atoms with van der Waals surface area (Å²) >= 11 is 8.14. The highest BCUT2D eigenvalue weighted by Crippen LogP contribution is 2.33. The van der Waals surface area contributed by atoms with Crippen molar-refractivity contribution < 1.29 is 4.79 Å². The minimum absolute atomic E-state index is 0.0542. The van der Waals surface area contributed by atoms with Crippen LogP contribution in [0.15, 0.2) is 42.5 Å². The monoisotopic (exact) mass is 411 g/mol. The van der Waals surface area contributed by atoms with E-state index in [1.165, 1.54) is 11.1 Å². The lowest BCUT2D eigenvalue weighted by atomic mass is 9.82. The molecule has 3 rings (SSSR count). The first kappa shape index (κ1) is 14.9. The zero-order valence-electron chi connectivity index (χ0n) is 11.4. The van der Waals surface area contributed by atoms with E-state index in [2.05, 4.69) is 40.0 Å². The van der Waals surface area contributed by atoms with Gasteiger partial charge in [-0.1, -0.05) is 35.9 Å². The van der Waals surface area contributed by atoms with Gasteiger partial charge in [-0.15, -0.1) is 0 Å². The largest absolute Gasteiger partial charge is 0.325 e.